The van der Waals surface area contributed by atoms with E-state index in [4.69, 9.17) is 11.5 Å². The number of rotatable bonds is 7. The van der Waals surface area contributed by atoms with Gasteiger partial charge in [0, 0.05) is 39.3 Å². The second-order valence-corrected chi connectivity index (χ2v) is 2.57. The third kappa shape index (κ3) is 42.0. The van der Waals surface area contributed by atoms with Crippen molar-refractivity contribution in [3.8, 4) is 0 Å². The van der Waals surface area contributed by atoms with Crippen LogP contribution in [0.3, 0.4) is 0 Å². The van der Waals surface area contributed by atoms with Gasteiger partial charge in [-0.15, -0.1) is 0 Å². The highest BCUT2D eigenvalue weighted by molar-refractivity contribution is 6.50. The van der Waals surface area contributed by atoms with Gasteiger partial charge in [-0.3, -0.25) is 0 Å². The van der Waals surface area contributed by atoms with Gasteiger partial charge in [-0.1, -0.05) is 0 Å². The van der Waals surface area contributed by atoms with E-state index in [-0.39, 0.29) is 0 Å². The van der Waals surface area contributed by atoms with Gasteiger partial charge in [0.1, 0.15) is 0 Å². The lowest BCUT2D eigenvalue weighted by Gasteiger charge is -2.03. The van der Waals surface area contributed by atoms with E-state index < -0.39 is 7.25 Å². The first kappa shape index (κ1) is 17.0. The Labute approximate surface area is 86.9 Å². The summed E-state index contributed by atoms with van der Waals surface area (Å²) in [6, 6.07) is 0. The molecular weight excluding hydrogens is 215 g/mol. The zero-order chi connectivity index (χ0) is 12.2. The van der Waals surface area contributed by atoms with Crippen molar-refractivity contribution in [3.63, 3.8) is 0 Å². The third-order valence-electron chi connectivity index (χ3n) is 1.12. The Bertz CT molecular complexity index is 110. The zero-order valence-corrected chi connectivity index (χ0v) is 8.49. The molecule has 0 aromatic rings. The molecule has 4 nitrogen and oxygen atoms in total. The molecule has 0 saturated heterocycles. The molecule has 0 aromatic heterocycles. The van der Waals surface area contributed by atoms with E-state index in [0.29, 0.717) is 13.1 Å². The summed E-state index contributed by atoms with van der Waals surface area (Å²) in [7, 11) is -6.00. The molecule has 0 atom stereocenters. The molecular formula is C6H18BF4N4-. The average Bonchev–Trinajstić information content (AvgIpc) is 2.08. The van der Waals surface area contributed by atoms with Gasteiger partial charge >= 0.3 is 7.25 Å². The molecule has 0 aromatic carbocycles. The molecule has 0 rings (SSSR count). The fraction of sp³-hybridized carbons (Fsp3) is 1.00. The van der Waals surface area contributed by atoms with Crippen molar-refractivity contribution in [2.75, 3.05) is 39.3 Å². The van der Waals surface area contributed by atoms with Gasteiger partial charge in [0.25, 0.3) is 0 Å². The second kappa shape index (κ2) is 11.7. The van der Waals surface area contributed by atoms with Crippen molar-refractivity contribution in [2.45, 2.75) is 0 Å². The van der Waals surface area contributed by atoms with Gasteiger partial charge in [0.2, 0.25) is 0 Å². The predicted molar refractivity (Wildman–Crippen MR) is 54.0 cm³/mol. The maximum Gasteiger partial charge on any atom is 0.673 e. The highest BCUT2D eigenvalue weighted by atomic mass is 19.5. The Morgan fingerprint density at radius 3 is 1.20 bits per heavy atom. The largest absolute Gasteiger partial charge is 0.673 e. The van der Waals surface area contributed by atoms with Gasteiger partial charge in [-0.05, 0) is 0 Å². The quantitative estimate of drug-likeness (QED) is 0.268. The standard InChI is InChI=1S/C6H18N4.BF4/c7-1-3-9-5-6-10-4-2-8;2-1(3,4)5/h9-10H,1-8H2;/q;-1. The van der Waals surface area contributed by atoms with Gasteiger partial charge in [0.05, 0.1) is 0 Å². The van der Waals surface area contributed by atoms with Crippen LogP contribution >= 0.6 is 0 Å². The van der Waals surface area contributed by atoms with E-state index in [1.165, 1.54) is 0 Å². The van der Waals surface area contributed by atoms with Crippen molar-refractivity contribution in [2.24, 2.45) is 11.5 Å². The molecule has 0 aliphatic carbocycles. The smallest absolute Gasteiger partial charge is 0.418 e. The molecule has 0 spiro atoms. The number of nitrogens with two attached hydrogens (primary N) is 2. The molecule has 0 radical (unpaired) electrons. The summed E-state index contributed by atoms with van der Waals surface area (Å²) < 4.78 is 39.0. The maximum absolute atomic E-state index is 9.75. The number of halogens is 4. The summed E-state index contributed by atoms with van der Waals surface area (Å²) in [4.78, 5) is 0. The minimum Gasteiger partial charge on any atom is -0.418 e. The maximum atomic E-state index is 9.75. The molecule has 0 fully saturated rings. The molecule has 15 heavy (non-hydrogen) atoms. The summed E-state index contributed by atoms with van der Waals surface area (Å²) in [5, 5.41) is 6.33. The summed E-state index contributed by atoms with van der Waals surface area (Å²) >= 11 is 0. The second-order valence-electron chi connectivity index (χ2n) is 2.57. The molecule has 0 aliphatic heterocycles. The molecule has 0 bridgehead atoms. The van der Waals surface area contributed by atoms with E-state index in [2.05, 4.69) is 10.6 Å². The van der Waals surface area contributed by atoms with E-state index in [0.717, 1.165) is 26.2 Å². The Kier molecular flexibility index (Phi) is 13.3. The first-order valence-electron chi connectivity index (χ1n) is 4.60. The van der Waals surface area contributed by atoms with Crippen LogP contribution in [0.5, 0.6) is 0 Å². The van der Waals surface area contributed by atoms with Crippen LogP contribution in [0.25, 0.3) is 0 Å². The minimum absolute atomic E-state index is 0.705. The van der Waals surface area contributed by atoms with Gasteiger partial charge < -0.3 is 39.4 Å². The lowest BCUT2D eigenvalue weighted by Crippen LogP contribution is -2.32. The van der Waals surface area contributed by atoms with Crippen LogP contribution in [0, 0.1) is 0 Å². The van der Waals surface area contributed by atoms with Crippen molar-refractivity contribution in [3.05, 3.63) is 0 Å². The van der Waals surface area contributed by atoms with E-state index >= 15 is 0 Å². The minimum atomic E-state index is -6.00. The summed E-state index contributed by atoms with van der Waals surface area (Å²) in [6.45, 7) is 5.14. The van der Waals surface area contributed by atoms with Crippen molar-refractivity contribution in [1.82, 2.24) is 10.6 Å². The van der Waals surface area contributed by atoms with Crippen LogP contribution in [0.4, 0.5) is 17.3 Å². The third-order valence-corrected chi connectivity index (χ3v) is 1.12. The van der Waals surface area contributed by atoms with Crippen LogP contribution in [0.15, 0.2) is 0 Å². The average molecular weight is 233 g/mol. The number of nitrogens with one attached hydrogen (secondary N) is 2. The van der Waals surface area contributed by atoms with Gasteiger partial charge in [-0.25, -0.2) is 0 Å². The van der Waals surface area contributed by atoms with Crippen LogP contribution in [-0.4, -0.2) is 46.5 Å². The first-order chi connectivity index (χ1) is 6.91. The van der Waals surface area contributed by atoms with Crippen LogP contribution in [0.1, 0.15) is 0 Å². The Morgan fingerprint density at radius 2 is 1.00 bits per heavy atom. The summed E-state index contributed by atoms with van der Waals surface area (Å²) in [5.74, 6) is 0. The molecule has 6 N–H and O–H groups in total. The Hall–Kier alpha value is -0.375. The molecule has 0 saturated carbocycles. The molecule has 9 heteroatoms. The highest BCUT2D eigenvalue weighted by Gasteiger charge is 2.20. The lowest BCUT2D eigenvalue weighted by molar-refractivity contribution is 0.368. The van der Waals surface area contributed by atoms with Gasteiger partial charge in [-0.2, -0.15) is 0 Å². The zero-order valence-electron chi connectivity index (χ0n) is 8.49. The molecule has 0 aliphatic rings. The number of hydrogen-bond acceptors (Lipinski definition) is 4. The normalized spacial score (nSPS) is 10.8. The molecule has 0 heterocycles. The van der Waals surface area contributed by atoms with Crippen LogP contribution in [0.2, 0.25) is 0 Å². The highest BCUT2D eigenvalue weighted by Crippen LogP contribution is 2.06. The van der Waals surface area contributed by atoms with Crippen LogP contribution < -0.4 is 22.1 Å². The lowest BCUT2D eigenvalue weighted by atomic mass is 10.3. The van der Waals surface area contributed by atoms with E-state index in [1.54, 1.807) is 0 Å². The topological polar surface area (TPSA) is 76.1 Å². The monoisotopic (exact) mass is 233 g/mol. The number of hydrogen-bond donors (Lipinski definition) is 4. The SMILES string of the molecule is F[B-](F)(F)F.NCCNCCNCCN. The summed E-state index contributed by atoms with van der Waals surface area (Å²) in [6.07, 6.45) is 0. The summed E-state index contributed by atoms with van der Waals surface area (Å²) in [5.41, 5.74) is 10.5. The first-order valence-corrected chi connectivity index (χ1v) is 4.60. The van der Waals surface area contributed by atoms with Crippen LogP contribution in [-0.2, 0) is 0 Å². The predicted octanol–water partition coefficient (Wildman–Crippen LogP) is -0.617. The molecule has 0 amide bonds. The fourth-order valence-electron chi connectivity index (χ4n) is 0.631. The van der Waals surface area contributed by atoms with E-state index in [9.17, 15) is 17.3 Å². The van der Waals surface area contributed by atoms with E-state index in [1.807, 2.05) is 0 Å². The van der Waals surface area contributed by atoms with Gasteiger partial charge in [0.15, 0.2) is 0 Å². The van der Waals surface area contributed by atoms with Crippen molar-refractivity contribution >= 4 is 7.25 Å². The Morgan fingerprint density at radius 1 is 0.733 bits per heavy atom. The molecule has 0 unspecified atom stereocenters. The Balaban J connectivity index is 0. The van der Waals surface area contributed by atoms with Crippen molar-refractivity contribution < 1.29 is 17.3 Å². The molecule has 94 valence electrons. The van der Waals surface area contributed by atoms with Crippen molar-refractivity contribution in [1.29, 1.82) is 0 Å². The fourth-order valence-corrected chi connectivity index (χ4v) is 0.631.